The van der Waals surface area contributed by atoms with E-state index in [1.165, 1.54) is 18.6 Å². The van der Waals surface area contributed by atoms with E-state index in [4.69, 9.17) is 4.74 Å². The third kappa shape index (κ3) is 8.46. The van der Waals surface area contributed by atoms with Crippen LogP contribution in [0.25, 0.3) is 0 Å². The first-order valence-electron chi connectivity index (χ1n) is 12.4. The number of rotatable bonds is 11. The predicted octanol–water partition coefficient (Wildman–Crippen LogP) is 5.40. The molecule has 2 aromatic rings. The molecule has 0 heterocycles. The van der Waals surface area contributed by atoms with Crippen LogP contribution in [0.5, 0.6) is 5.75 Å². The van der Waals surface area contributed by atoms with Gasteiger partial charge in [-0.05, 0) is 61.2 Å². The zero-order chi connectivity index (χ0) is 26.0. The number of amides is 2. The van der Waals surface area contributed by atoms with Crippen LogP contribution in [0.3, 0.4) is 0 Å². The lowest BCUT2D eigenvalue weighted by Gasteiger charge is -2.24. The molecule has 1 fully saturated rings. The Morgan fingerprint density at radius 2 is 1.75 bits per heavy atom. The molecule has 36 heavy (non-hydrogen) atoms. The van der Waals surface area contributed by atoms with Crippen molar-refractivity contribution in [1.29, 1.82) is 0 Å². The summed E-state index contributed by atoms with van der Waals surface area (Å²) in [5, 5.41) is 8.70. The summed E-state index contributed by atoms with van der Waals surface area (Å²) >= 11 is 0. The van der Waals surface area contributed by atoms with Crippen molar-refractivity contribution >= 4 is 17.5 Å². The molecule has 0 aliphatic heterocycles. The highest BCUT2D eigenvalue weighted by Gasteiger charge is 2.31. The summed E-state index contributed by atoms with van der Waals surface area (Å²) in [5.41, 5.74) is -0.152. The Morgan fingerprint density at radius 3 is 2.42 bits per heavy atom. The highest BCUT2D eigenvalue weighted by Crippen LogP contribution is 2.30. The van der Waals surface area contributed by atoms with E-state index in [1.807, 2.05) is 24.3 Å². The first-order chi connectivity index (χ1) is 17.3. The molecule has 0 bridgehead atoms. The van der Waals surface area contributed by atoms with E-state index in [9.17, 15) is 22.8 Å². The Bertz CT molecular complexity index is 990. The first kappa shape index (κ1) is 27.4. The lowest BCUT2D eigenvalue weighted by Crippen LogP contribution is -2.47. The third-order valence-electron chi connectivity index (χ3n) is 6.51. The summed E-state index contributed by atoms with van der Waals surface area (Å²) < 4.78 is 44.4. The maximum absolute atomic E-state index is 13.1. The molecule has 2 aromatic carbocycles. The second-order valence-corrected chi connectivity index (χ2v) is 9.13. The number of benzene rings is 2. The van der Waals surface area contributed by atoms with Crippen molar-refractivity contribution in [2.45, 2.75) is 57.2 Å². The molecule has 1 atom stereocenters. The maximum Gasteiger partial charge on any atom is 0.416 e. The molecule has 1 aliphatic rings. The van der Waals surface area contributed by atoms with E-state index < -0.39 is 23.7 Å². The van der Waals surface area contributed by atoms with E-state index in [2.05, 4.69) is 16.0 Å². The fourth-order valence-electron chi connectivity index (χ4n) is 4.45. The second kappa shape index (κ2) is 13.2. The molecular weight excluding hydrogens is 471 g/mol. The van der Waals surface area contributed by atoms with E-state index in [0.29, 0.717) is 25.4 Å². The number of nitrogens with one attached hydrogen (secondary N) is 3. The van der Waals surface area contributed by atoms with Gasteiger partial charge in [0.25, 0.3) is 5.91 Å². The molecule has 0 radical (unpaired) electrons. The number of hydrogen-bond donors (Lipinski definition) is 3. The van der Waals surface area contributed by atoms with Crippen LogP contribution in [0.2, 0.25) is 0 Å². The molecule has 196 valence electrons. The number of halogens is 3. The maximum atomic E-state index is 13.1. The van der Waals surface area contributed by atoms with Crippen molar-refractivity contribution in [3.05, 3.63) is 59.7 Å². The van der Waals surface area contributed by atoms with Gasteiger partial charge < -0.3 is 20.7 Å². The number of alkyl halides is 3. The van der Waals surface area contributed by atoms with Crippen LogP contribution in [0.4, 0.5) is 18.9 Å². The molecule has 6 nitrogen and oxygen atoms in total. The fourth-order valence-corrected chi connectivity index (χ4v) is 4.45. The van der Waals surface area contributed by atoms with Gasteiger partial charge in [-0.1, -0.05) is 38.2 Å². The van der Waals surface area contributed by atoms with Gasteiger partial charge in [-0.2, -0.15) is 13.2 Å². The number of methoxy groups -OCH3 is 1. The SMILES string of the molecule is COc1ccc(NCCNC(=O)[C@H](CCC2CCCCC2)NC(=O)c2cccc(C(F)(F)F)c2)cc1. The van der Waals surface area contributed by atoms with Gasteiger partial charge >= 0.3 is 6.18 Å². The Labute approximate surface area is 210 Å². The van der Waals surface area contributed by atoms with Crippen molar-refractivity contribution < 1.29 is 27.5 Å². The number of carbonyl (C=O) groups is 2. The summed E-state index contributed by atoms with van der Waals surface area (Å²) in [4.78, 5) is 25.7. The minimum absolute atomic E-state index is 0.124. The minimum Gasteiger partial charge on any atom is -0.497 e. The molecule has 2 amide bonds. The van der Waals surface area contributed by atoms with Crippen molar-refractivity contribution in [2.75, 3.05) is 25.5 Å². The molecule has 1 saturated carbocycles. The predicted molar refractivity (Wildman–Crippen MR) is 133 cm³/mol. The van der Waals surface area contributed by atoms with Crippen molar-refractivity contribution in [3.63, 3.8) is 0 Å². The smallest absolute Gasteiger partial charge is 0.416 e. The molecule has 1 aliphatic carbocycles. The van der Waals surface area contributed by atoms with E-state index >= 15 is 0 Å². The van der Waals surface area contributed by atoms with Gasteiger partial charge in [0.05, 0.1) is 12.7 Å². The van der Waals surface area contributed by atoms with Crippen molar-refractivity contribution in [1.82, 2.24) is 10.6 Å². The monoisotopic (exact) mass is 505 g/mol. The van der Waals surface area contributed by atoms with Gasteiger partial charge in [0.2, 0.25) is 5.91 Å². The molecule has 0 aromatic heterocycles. The highest BCUT2D eigenvalue weighted by molar-refractivity contribution is 5.97. The summed E-state index contributed by atoms with van der Waals surface area (Å²) in [6.45, 7) is 0.791. The first-order valence-corrected chi connectivity index (χ1v) is 12.4. The third-order valence-corrected chi connectivity index (χ3v) is 6.51. The van der Waals surface area contributed by atoms with Crippen LogP contribution in [0.1, 0.15) is 60.9 Å². The van der Waals surface area contributed by atoms with Gasteiger partial charge in [0.15, 0.2) is 0 Å². The standard InChI is InChI=1S/C27H34F3N3O3/c1-36-23-13-11-22(12-14-23)31-16-17-32-26(35)24(15-10-19-6-3-2-4-7-19)33-25(34)20-8-5-9-21(18-20)27(28,29)30/h5,8-9,11-14,18-19,24,31H,2-4,6-7,10,15-17H2,1H3,(H,32,35)(H,33,34)/t24-/m0/s1. The Hall–Kier alpha value is -3.23. The quantitative estimate of drug-likeness (QED) is 0.357. The van der Waals surface area contributed by atoms with Gasteiger partial charge in [0, 0.05) is 24.3 Å². The second-order valence-electron chi connectivity index (χ2n) is 9.13. The summed E-state index contributed by atoms with van der Waals surface area (Å²) in [6, 6.07) is 10.8. The van der Waals surface area contributed by atoms with Crippen LogP contribution >= 0.6 is 0 Å². The van der Waals surface area contributed by atoms with Crippen LogP contribution in [-0.4, -0.2) is 38.1 Å². The van der Waals surface area contributed by atoms with Crippen LogP contribution in [0, 0.1) is 5.92 Å². The lowest BCUT2D eigenvalue weighted by molar-refractivity contribution is -0.137. The molecule has 3 rings (SSSR count). The minimum atomic E-state index is -4.55. The van der Waals surface area contributed by atoms with E-state index in [0.717, 1.165) is 55.7 Å². The van der Waals surface area contributed by atoms with Crippen LogP contribution in [0.15, 0.2) is 48.5 Å². The Kier molecular flexibility index (Phi) is 10.0. The molecule has 9 heteroatoms. The van der Waals surface area contributed by atoms with Crippen LogP contribution in [-0.2, 0) is 11.0 Å². The van der Waals surface area contributed by atoms with Gasteiger partial charge in [-0.3, -0.25) is 9.59 Å². The lowest BCUT2D eigenvalue weighted by atomic mass is 9.85. The summed E-state index contributed by atoms with van der Waals surface area (Å²) in [5.74, 6) is 0.200. The number of hydrogen-bond acceptors (Lipinski definition) is 4. The molecule has 0 saturated heterocycles. The van der Waals surface area contributed by atoms with Gasteiger partial charge in [-0.15, -0.1) is 0 Å². The zero-order valence-corrected chi connectivity index (χ0v) is 20.5. The number of ether oxygens (including phenoxy) is 1. The number of carbonyl (C=O) groups excluding carboxylic acids is 2. The zero-order valence-electron chi connectivity index (χ0n) is 20.5. The molecule has 0 spiro atoms. The van der Waals surface area contributed by atoms with Gasteiger partial charge in [-0.25, -0.2) is 0 Å². The number of anilines is 1. The van der Waals surface area contributed by atoms with Crippen LogP contribution < -0.4 is 20.7 Å². The van der Waals surface area contributed by atoms with E-state index in [-0.39, 0.29) is 11.5 Å². The highest BCUT2D eigenvalue weighted by atomic mass is 19.4. The summed E-state index contributed by atoms with van der Waals surface area (Å²) in [7, 11) is 1.59. The van der Waals surface area contributed by atoms with Gasteiger partial charge in [0.1, 0.15) is 11.8 Å². The fraction of sp³-hybridized carbons (Fsp3) is 0.481. The summed E-state index contributed by atoms with van der Waals surface area (Å²) in [6.07, 6.45) is 2.41. The average Bonchev–Trinajstić information content (AvgIpc) is 2.89. The van der Waals surface area contributed by atoms with Crippen molar-refractivity contribution in [2.24, 2.45) is 5.92 Å². The Balaban J connectivity index is 1.58. The normalized spacial score (nSPS) is 15.1. The largest absolute Gasteiger partial charge is 0.497 e. The van der Waals surface area contributed by atoms with E-state index in [1.54, 1.807) is 7.11 Å². The topological polar surface area (TPSA) is 79.5 Å². The molecular formula is C27H34F3N3O3. The molecule has 0 unspecified atom stereocenters. The Morgan fingerprint density at radius 1 is 1.03 bits per heavy atom. The van der Waals surface area contributed by atoms with Crippen molar-refractivity contribution in [3.8, 4) is 5.75 Å². The average molecular weight is 506 g/mol. The molecule has 3 N–H and O–H groups in total.